The number of hydrogen-bond acceptors (Lipinski definition) is 3. The van der Waals surface area contributed by atoms with E-state index in [0.29, 0.717) is 5.78 Å². The SMILES string of the molecule is O=C1CCC12CN(Cc1ccccc1)CCN2Cc1ccccc1. The van der Waals surface area contributed by atoms with Crippen molar-refractivity contribution in [1.82, 2.24) is 9.80 Å². The molecule has 0 N–H and O–H groups in total. The Morgan fingerprint density at radius 3 is 2.00 bits per heavy atom. The molecule has 24 heavy (non-hydrogen) atoms. The molecule has 2 fully saturated rings. The number of nitrogens with zero attached hydrogens (tertiary/aromatic N) is 2. The molecule has 2 aliphatic rings. The van der Waals surface area contributed by atoms with E-state index in [9.17, 15) is 4.79 Å². The Morgan fingerprint density at radius 2 is 1.46 bits per heavy atom. The molecular weight excluding hydrogens is 296 g/mol. The van der Waals surface area contributed by atoms with Gasteiger partial charge in [-0.1, -0.05) is 60.7 Å². The Bertz CT molecular complexity index is 700. The molecule has 4 rings (SSSR count). The zero-order valence-corrected chi connectivity index (χ0v) is 14.0. The lowest BCUT2D eigenvalue weighted by atomic mass is 9.72. The van der Waals surface area contributed by atoms with Crippen molar-refractivity contribution < 1.29 is 4.79 Å². The first kappa shape index (κ1) is 15.6. The third-order valence-electron chi connectivity index (χ3n) is 5.53. The number of benzene rings is 2. The molecule has 1 spiro atoms. The molecule has 2 aromatic rings. The van der Waals surface area contributed by atoms with Crippen LogP contribution in [-0.2, 0) is 17.9 Å². The summed E-state index contributed by atoms with van der Waals surface area (Å²) in [7, 11) is 0. The van der Waals surface area contributed by atoms with Gasteiger partial charge in [0.1, 0.15) is 0 Å². The lowest BCUT2D eigenvalue weighted by Crippen LogP contribution is -2.69. The first-order chi connectivity index (χ1) is 11.8. The monoisotopic (exact) mass is 320 g/mol. The molecule has 1 unspecified atom stereocenters. The second kappa shape index (κ2) is 6.50. The maximum Gasteiger partial charge on any atom is 0.154 e. The van der Waals surface area contributed by atoms with Gasteiger partial charge in [-0.3, -0.25) is 14.6 Å². The first-order valence-corrected chi connectivity index (χ1v) is 8.85. The Balaban J connectivity index is 1.49. The van der Waals surface area contributed by atoms with E-state index >= 15 is 0 Å². The van der Waals surface area contributed by atoms with Crippen LogP contribution in [0.4, 0.5) is 0 Å². The minimum Gasteiger partial charge on any atom is -0.298 e. The maximum absolute atomic E-state index is 12.5. The Kier molecular flexibility index (Phi) is 4.21. The summed E-state index contributed by atoms with van der Waals surface area (Å²) in [4.78, 5) is 17.4. The molecule has 1 aliphatic carbocycles. The van der Waals surface area contributed by atoms with Crippen molar-refractivity contribution in [3.63, 3.8) is 0 Å². The van der Waals surface area contributed by atoms with Gasteiger partial charge in [0.25, 0.3) is 0 Å². The highest BCUT2D eigenvalue weighted by atomic mass is 16.1. The summed E-state index contributed by atoms with van der Waals surface area (Å²) >= 11 is 0. The highest BCUT2D eigenvalue weighted by Gasteiger charge is 2.52. The van der Waals surface area contributed by atoms with Crippen molar-refractivity contribution in [2.45, 2.75) is 31.5 Å². The number of hydrogen-bond donors (Lipinski definition) is 0. The topological polar surface area (TPSA) is 23.6 Å². The van der Waals surface area contributed by atoms with Crippen molar-refractivity contribution in [2.75, 3.05) is 19.6 Å². The first-order valence-electron chi connectivity index (χ1n) is 8.85. The fourth-order valence-corrected chi connectivity index (χ4v) is 4.05. The van der Waals surface area contributed by atoms with Crippen molar-refractivity contribution in [3.8, 4) is 0 Å². The summed E-state index contributed by atoms with van der Waals surface area (Å²) in [6.07, 6.45) is 1.74. The molecule has 3 heteroatoms. The predicted molar refractivity (Wildman–Crippen MR) is 95.5 cm³/mol. The summed E-state index contributed by atoms with van der Waals surface area (Å²) < 4.78 is 0. The van der Waals surface area contributed by atoms with Gasteiger partial charge < -0.3 is 0 Å². The quantitative estimate of drug-likeness (QED) is 0.865. The molecule has 3 nitrogen and oxygen atoms in total. The highest BCUT2D eigenvalue weighted by molar-refractivity contribution is 5.94. The lowest BCUT2D eigenvalue weighted by Gasteiger charge is -2.54. The number of carbonyl (C=O) groups excluding carboxylic acids is 1. The van der Waals surface area contributed by atoms with Gasteiger partial charge in [0.15, 0.2) is 5.78 Å². The fraction of sp³-hybridized carbons (Fsp3) is 0.381. The van der Waals surface area contributed by atoms with E-state index in [1.165, 1.54) is 11.1 Å². The number of carbonyl (C=O) groups is 1. The van der Waals surface area contributed by atoms with Crippen molar-refractivity contribution in [3.05, 3.63) is 71.8 Å². The van der Waals surface area contributed by atoms with E-state index in [2.05, 4.69) is 64.4 Å². The van der Waals surface area contributed by atoms with Gasteiger partial charge in [-0.15, -0.1) is 0 Å². The molecule has 124 valence electrons. The fourth-order valence-electron chi connectivity index (χ4n) is 4.05. The largest absolute Gasteiger partial charge is 0.298 e. The van der Waals surface area contributed by atoms with Gasteiger partial charge in [-0.05, 0) is 17.5 Å². The number of Topliss-reactive ketones (excluding diaryl/α,β-unsaturated/α-hetero) is 1. The standard InChI is InChI=1S/C21H24N2O/c24-20-11-12-21(20)17-22(15-18-7-3-1-4-8-18)13-14-23(21)16-19-9-5-2-6-10-19/h1-10H,11-17H2. The van der Waals surface area contributed by atoms with Crippen molar-refractivity contribution >= 4 is 5.78 Å². The van der Waals surface area contributed by atoms with Crippen LogP contribution in [0.5, 0.6) is 0 Å². The van der Waals surface area contributed by atoms with Gasteiger partial charge in [0.05, 0.1) is 5.54 Å². The van der Waals surface area contributed by atoms with E-state index in [1.54, 1.807) is 0 Å². The Labute approximate surface area is 143 Å². The molecular formula is C21H24N2O. The second-order valence-electron chi connectivity index (χ2n) is 7.06. The van der Waals surface area contributed by atoms with Gasteiger partial charge >= 0.3 is 0 Å². The molecule has 0 bridgehead atoms. The summed E-state index contributed by atoms with van der Waals surface area (Å²) in [5.41, 5.74) is 2.38. The average molecular weight is 320 g/mol. The third-order valence-corrected chi connectivity index (χ3v) is 5.53. The molecule has 1 aliphatic heterocycles. The molecule has 1 atom stereocenters. The summed E-state index contributed by atoms with van der Waals surface area (Å²) in [5.74, 6) is 0.427. The highest BCUT2D eigenvalue weighted by Crippen LogP contribution is 2.38. The average Bonchev–Trinajstić information content (AvgIpc) is 2.63. The molecule has 1 saturated heterocycles. The van der Waals surface area contributed by atoms with E-state index in [0.717, 1.165) is 45.6 Å². The van der Waals surface area contributed by atoms with Crippen molar-refractivity contribution in [2.24, 2.45) is 0 Å². The lowest BCUT2D eigenvalue weighted by molar-refractivity contribution is -0.150. The van der Waals surface area contributed by atoms with Crippen LogP contribution in [0.2, 0.25) is 0 Å². The smallest absolute Gasteiger partial charge is 0.154 e. The van der Waals surface area contributed by atoms with Crippen molar-refractivity contribution in [1.29, 1.82) is 0 Å². The van der Waals surface area contributed by atoms with Crippen LogP contribution in [0.1, 0.15) is 24.0 Å². The molecule has 0 aromatic heterocycles. The Morgan fingerprint density at radius 1 is 0.833 bits per heavy atom. The van der Waals surface area contributed by atoms with E-state index in [4.69, 9.17) is 0 Å². The molecule has 2 aromatic carbocycles. The Hall–Kier alpha value is -1.97. The van der Waals surface area contributed by atoms with Gasteiger partial charge in [0.2, 0.25) is 0 Å². The van der Waals surface area contributed by atoms with Crippen LogP contribution in [0.3, 0.4) is 0 Å². The number of ketones is 1. The molecule has 1 heterocycles. The summed E-state index contributed by atoms with van der Waals surface area (Å²) in [5, 5.41) is 0. The van der Waals surface area contributed by atoms with E-state index < -0.39 is 0 Å². The zero-order chi connectivity index (χ0) is 16.4. The van der Waals surface area contributed by atoms with Crippen LogP contribution in [0.15, 0.2) is 60.7 Å². The van der Waals surface area contributed by atoms with Crippen LogP contribution in [-0.4, -0.2) is 40.8 Å². The van der Waals surface area contributed by atoms with E-state index in [1.807, 2.05) is 6.07 Å². The number of rotatable bonds is 4. The molecule has 0 radical (unpaired) electrons. The van der Waals surface area contributed by atoms with Gasteiger partial charge in [0, 0.05) is 39.1 Å². The van der Waals surface area contributed by atoms with Crippen LogP contribution in [0, 0.1) is 0 Å². The van der Waals surface area contributed by atoms with E-state index in [-0.39, 0.29) is 5.54 Å². The van der Waals surface area contributed by atoms with Gasteiger partial charge in [-0.2, -0.15) is 0 Å². The maximum atomic E-state index is 12.5. The van der Waals surface area contributed by atoms with Crippen LogP contribution >= 0.6 is 0 Å². The summed E-state index contributed by atoms with van der Waals surface area (Å²) in [6, 6.07) is 21.1. The minimum atomic E-state index is -0.247. The summed E-state index contributed by atoms with van der Waals surface area (Å²) in [6.45, 7) is 4.68. The number of piperazine rings is 1. The van der Waals surface area contributed by atoms with Gasteiger partial charge in [-0.25, -0.2) is 0 Å². The minimum absolute atomic E-state index is 0.247. The van der Waals surface area contributed by atoms with Crippen LogP contribution in [0.25, 0.3) is 0 Å². The normalized spacial score (nSPS) is 24.9. The van der Waals surface area contributed by atoms with Crippen LogP contribution < -0.4 is 0 Å². The third kappa shape index (κ3) is 2.90. The zero-order valence-electron chi connectivity index (χ0n) is 14.0. The second-order valence-corrected chi connectivity index (χ2v) is 7.06. The molecule has 1 saturated carbocycles. The molecule has 0 amide bonds. The predicted octanol–water partition coefficient (Wildman–Crippen LogP) is 3.11.